The van der Waals surface area contributed by atoms with Crippen molar-refractivity contribution in [2.75, 3.05) is 13.1 Å². The normalized spacial score (nSPS) is 20.5. The van der Waals surface area contributed by atoms with E-state index in [9.17, 15) is 4.79 Å². The lowest BCUT2D eigenvalue weighted by atomic mass is 10.0. The van der Waals surface area contributed by atoms with Gasteiger partial charge in [-0.25, -0.2) is 0 Å². The molecule has 0 radical (unpaired) electrons. The van der Waals surface area contributed by atoms with Crippen molar-refractivity contribution >= 4 is 5.91 Å². The molecule has 0 spiro atoms. The minimum Gasteiger partial charge on any atom is -0.488 e. The lowest BCUT2D eigenvalue weighted by Gasteiger charge is -2.33. The first-order chi connectivity index (χ1) is 9.69. The molecule has 1 saturated heterocycles. The number of rotatable bonds is 5. The number of pyridine rings is 1. The predicted octanol–water partition coefficient (Wildman–Crippen LogP) is 2.89. The quantitative estimate of drug-likeness (QED) is 0.830. The average Bonchev–Trinajstić information content (AvgIpc) is 2.48. The van der Waals surface area contributed by atoms with E-state index in [0.29, 0.717) is 18.9 Å². The number of nitrogens with zero attached hydrogens (tertiary/aromatic N) is 2. The molecule has 1 amide bonds. The molecule has 0 N–H and O–H groups in total. The molecule has 2 rings (SSSR count). The van der Waals surface area contributed by atoms with Gasteiger partial charge in [0, 0.05) is 25.4 Å². The Bertz CT molecular complexity index is 422. The van der Waals surface area contributed by atoms with Gasteiger partial charge in [0.05, 0.1) is 6.54 Å². The zero-order valence-corrected chi connectivity index (χ0v) is 12.4. The molecule has 4 nitrogen and oxygen atoms in total. The number of hydrogen-bond acceptors (Lipinski definition) is 3. The Morgan fingerprint density at radius 1 is 1.50 bits per heavy atom. The molecule has 20 heavy (non-hydrogen) atoms. The van der Waals surface area contributed by atoms with Crippen molar-refractivity contribution < 1.29 is 9.53 Å². The second kappa shape index (κ2) is 7.27. The molecule has 0 aliphatic carbocycles. The molecule has 2 unspecified atom stereocenters. The lowest BCUT2D eigenvalue weighted by molar-refractivity contribution is -0.134. The van der Waals surface area contributed by atoms with E-state index in [1.807, 2.05) is 17.0 Å². The fourth-order valence-electron chi connectivity index (χ4n) is 2.44. The highest BCUT2D eigenvalue weighted by molar-refractivity contribution is 5.76. The minimum absolute atomic E-state index is 0.104. The van der Waals surface area contributed by atoms with E-state index >= 15 is 0 Å². The molecule has 2 atom stereocenters. The SMILES string of the molecule is CCC(C)CC(=O)N1CCCC(Oc2ccncc2)C1. The van der Waals surface area contributed by atoms with Gasteiger partial charge in [-0.05, 0) is 30.9 Å². The van der Waals surface area contributed by atoms with Crippen LogP contribution in [-0.2, 0) is 4.79 Å². The maximum absolute atomic E-state index is 12.2. The topological polar surface area (TPSA) is 42.4 Å². The van der Waals surface area contributed by atoms with E-state index in [4.69, 9.17) is 4.74 Å². The van der Waals surface area contributed by atoms with Crippen LogP contribution < -0.4 is 4.74 Å². The van der Waals surface area contributed by atoms with Crippen molar-refractivity contribution in [3.05, 3.63) is 24.5 Å². The van der Waals surface area contributed by atoms with Crippen LogP contribution >= 0.6 is 0 Å². The molecule has 110 valence electrons. The van der Waals surface area contributed by atoms with E-state index in [-0.39, 0.29) is 12.0 Å². The van der Waals surface area contributed by atoms with Gasteiger partial charge in [-0.1, -0.05) is 20.3 Å². The van der Waals surface area contributed by atoms with Crippen molar-refractivity contribution in [1.29, 1.82) is 0 Å². The first-order valence-electron chi connectivity index (χ1n) is 7.53. The number of carbonyl (C=O) groups is 1. The predicted molar refractivity (Wildman–Crippen MR) is 78.5 cm³/mol. The number of likely N-dealkylation sites (tertiary alicyclic amines) is 1. The summed E-state index contributed by atoms with van der Waals surface area (Å²) in [5.74, 6) is 1.56. The lowest BCUT2D eigenvalue weighted by Crippen LogP contribution is -2.44. The largest absolute Gasteiger partial charge is 0.488 e. The van der Waals surface area contributed by atoms with Crippen LogP contribution in [0.15, 0.2) is 24.5 Å². The van der Waals surface area contributed by atoms with Gasteiger partial charge in [0.15, 0.2) is 0 Å². The number of aromatic nitrogens is 1. The van der Waals surface area contributed by atoms with Crippen LogP contribution in [0.5, 0.6) is 5.75 Å². The van der Waals surface area contributed by atoms with E-state index < -0.39 is 0 Å². The summed E-state index contributed by atoms with van der Waals surface area (Å²) in [6, 6.07) is 3.72. The Kier molecular flexibility index (Phi) is 5.39. The van der Waals surface area contributed by atoms with Gasteiger partial charge in [-0.2, -0.15) is 0 Å². The highest BCUT2D eigenvalue weighted by Gasteiger charge is 2.25. The molecular formula is C16H24N2O2. The van der Waals surface area contributed by atoms with Gasteiger partial charge < -0.3 is 9.64 Å². The van der Waals surface area contributed by atoms with Gasteiger partial charge in [0.25, 0.3) is 0 Å². The maximum atomic E-state index is 12.2. The Morgan fingerprint density at radius 2 is 2.25 bits per heavy atom. The minimum atomic E-state index is 0.104. The first-order valence-corrected chi connectivity index (χ1v) is 7.53. The van der Waals surface area contributed by atoms with Crippen LogP contribution in [-0.4, -0.2) is 35.0 Å². The van der Waals surface area contributed by atoms with Crippen molar-refractivity contribution in [3.8, 4) is 5.75 Å². The Balaban J connectivity index is 1.87. The van der Waals surface area contributed by atoms with Crippen LogP contribution in [0.2, 0.25) is 0 Å². The number of hydrogen-bond donors (Lipinski definition) is 0. The standard InChI is InChI=1S/C16H24N2O2/c1-3-13(2)11-16(19)18-10-4-5-15(12-18)20-14-6-8-17-9-7-14/h6-9,13,15H,3-5,10-12H2,1-2H3. The molecule has 1 aliphatic rings. The maximum Gasteiger partial charge on any atom is 0.222 e. The second-order valence-electron chi connectivity index (χ2n) is 5.62. The third-order valence-electron chi connectivity index (χ3n) is 3.90. The fourth-order valence-corrected chi connectivity index (χ4v) is 2.44. The van der Waals surface area contributed by atoms with Crippen molar-refractivity contribution in [2.45, 2.75) is 45.6 Å². The van der Waals surface area contributed by atoms with E-state index in [0.717, 1.165) is 31.6 Å². The first kappa shape index (κ1) is 14.8. The molecule has 1 aromatic heterocycles. The summed E-state index contributed by atoms with van der Waals surface area (Å²) in [6.45, 7) is 5.83. The van der Waals surface area contributed by atoms with Crippen molar-refractivity contribution in [2.24, 2.45) is 5.92 Å². The van der Waals surface area contributed by atoms with Crippen LogP contribution in [0.25, 0.3) is 0 Å². The summed E-state index contributed by atoms with van der Waals surface area (Å²) >= 11 is 0. The van der Waals surface area contributed by atoms with Crippen LogP contribution in [0.4, 0.5) is 0 Å². The molecule has 0 aromatic carbocycles. The van der Waals surface area contributed by atoms with Crippen molar-refractivity contribution in [3.63, 3.8) is 0 Å². The molecule has 1 fully saturated rings. The van der Waals surface area contributed by atoms with Gasteiger partial charge >= 0.3 is 0 Å². The highest BCUT2D eigenvalue weighted by atomic mass is 16.5. The van der Waals surface area contributed by atoms with Crippen LogP contribution in [0, 0.1) is 5.92 Å². The van der Waals surface area contributed by atoms with E-state index in [2.05, 4.69) is 18.8 Å². The van der Waals surface area contributed by atoms with Crippen LogP contribution in [0.3, 0.4) is 0 Å². The fraction of sp³-hybridized carbons (Fsp3) is 0.625. The van der Waals surface area contributed by atoms with Gasteiger partial charge in [-0.15, -0.1) is 0 Å². The summed E-state index contributed by atoms with van der Waals surface area (Å²) in [7, 11) is 0. The van der Waals surface area contributed by atoms with Gasteiger partial charge in [0.1, 0.15) is 11.9 Å². The van der Waals surface area contributed by atoms with Crippen LogP contribution in [0.1, 0.15) is 39.5 Å². The molecule has 0 bridgehead atoms. The number of piperidine rings is 1. The zero-order valence-electron chi connectivity index (χ0n) is 12.4. The number of carbonyl (C=O) groups excluding carboxylic acids is 1. The summed E-state index contributed by atoms with van der Waals surface area (Å²) < 4.78 is 5.93. The van der Waals surface area contributed by atoms with E-state index in [1.54, 1.807) is 12.4 Å². The average molecular weight is 276 g/mol. The molecule has 1 aliphatic heterocycles. The highest BCUT2D eigenvalue weighted by Crippen LogP contribution is 2.19. The molecule has 2 heterocycles. The third kappa shape index (κ3) is 4.22. The second-order valence-corrected chi connectivity index (χ2v) is 5.62. The molecular weight excluding hydrogens is 252 g/mol. The summed E-state index contributed by atoms with van der Waals surface area (Å²) in [4.78, 5) is 18.2. The summed E-state index contributed by atoms with van der Waals surface area (Å²) in [5.41, 5.74) is 0. The van der Waals surface area contributed by atoms with E-state index in [1.165, 1.54) is 0 Å². The summed E-state index contributed by atoms with van der Waals surface area (Å²) in [6.07, 6.45) is 7.28. The number of ether oxygens (including phenoxy) is 1. The Morgan fingerprint density at radius 3 is 2.95 bits per heavy atom. The Labute approximate surface area is 121 Å². The molecule has 0 saturated carbocycles. The molecule has 4 heteroatoms. The number of amides is 1. The smallest absolute Gasteiger partial charge is 0.222 e. The third-order valence-corrected chi connectivity index (χ3v) is 3.90. The van der Waals surface area contributed by atoms with Crippen molar-refractivity contribution in [1.82, 2.24) is 9.88 Å². The summed E-state index contributed by atoms with van der Waals surface area (Å²) in [5, 5.41) is 0. The monoisotopic (exact) mass is 276 g/mol. The molecule has 1 aromatic rings. The van der Waals surface area contributed by atoms with Gasteiger partial charge in [-0.3, -0.25) is 9.78 Å². The van der Waals surface area contributed by atoms with Gasteiger partial charge in [0.2, 0.25) is 5.91 Å². The zero-order chi connectivity index (χ0) is 14.4. The Hall–Kier alpha value is -1.58.